The molecule has 1 rings (SSSR count). The van der Waals surface area contributed by atoms with Crippen LogP contribution in [0.15, 0.2) is 0 Å². The summed E-state index contributed by atoms with van der Waals surface area (Å²) in [7, 11) is 0. The molecule has 6 nitrogen and oxygen atoms in total. The van der Waals surface area contributed by atoms with Crippen LogP contribution in [0.2, 0.25) is 0 Å². The minimum Gasteiger partial charge on any atom is -0.466 e. The highest BCUT2D eigenvalue weighted by Crippen LogP contribution is 2.40. The van der Waals surface area contributed by atoms with Crippen molar-refractivity contribution in [1.29, 1.82) is 0 Å². The maximum Gasteiger partial charge on any atom is 0.305 e. The van der Waals surface area contributed by atoms with Crippen LogP contribution < -0.4 is 0 Å². The lowest BCUT2D eigenvalue weighted by Gasteiger charge is -2.35. The van der Waals surface area contributed by atoms with E-state index in [1.807, 2.05) is 0 Å². The van der Waals surface area contributed by atoms with Gasteiger partial charge in [-0.05, 0) is 75.5 Å². The summed E-state index contributed by atoms with van der Waals surface area (Å²) in [6, 6.07) is 0. The van der Waals surface area contributed by atoms with Crippen molar-refractivity contribution in [3.05, 3.63) is 0 Å². The molecule has 0 saturated heterocycles. The number of hydrogen-bond donors (Lipinski definition) is 0. The predicted molar refractivity (Wildman–Crippen MR) is 157 cm³/mol. The van der Waals surface area contributed by atoms with Crippen LogP contribution in [0, 0.1) is 17.8 Å². The second-order valence-electron chi connectivity index (χ2n) is 11.8. The zero-order valence-electron chi connectivity index (χ0n) is 25.7. The van der Waals surface area contributed by atoms with E-state index in [1.165, 1.54) is 38.5 Å². The zero-order chi connectivity index (χ0) is 28.6. The normalized spacial score (nSPS) is 19.0. The Hall–Kier alpha value is -1.59. The Labute approximate surface area is 239 Å². The third-order valence-corrected chi connectivity index (χ3v) is 8.05. The summed E-state index contributed by atoms with van der Waals surface area (Å²) in [5.74, 6) is 1.000. The van der Waals surface area contributed by atoms with Crippen LogP contribution in [0.4, 0.5) is 0 Å². The van der Waals surface area contributed by atoms with E-state index in [0.717, 1.165) is 77.0 Å². The molecule has 0 bridgehead atoms. The molecule has 0 aliphatic heterocycles. The molecule has 0 aromatic rings. The Kier molecular flexibility index (Phi) is 22.0. The number of rotatable bonds is 24. The van der Waals surface area contributed by atoms with E-state index < -0.39 is 0 Å². The molecule has 0 atom stereocenters. The Morgan fingerprint density at radius 3 is 1.00 bits per heavy atom. The molecule has 0 heterocycles. The fourth-order valence-electron chi connectivity index (χ4n) is 5.74. The molecule has 0 aromatic heterocycles. The molecule has 6 heteroatoms. The average molecular weight is 553 g/mol. The maximum absolute atomic E-state index is 12.3. The Balaban J connectivity index is 2.48. The third kappa shape index (κ3) is 20.0. The molecule has 0 radical (unpaired) electrons. The van der Waals surface area contributed by atoms with Crippen LogP contribution in [0.5, 0.6) is 0 Å². The molecule has 0 amide bonds. The second-order valence-corrected chi connectivity index (χ2v) is 11.8. The molecule has 0 N–H and O–H groups in total. The minimum atomic E-state index is -0.0940. The number of hydrogen-bond acceptors (Lipinski definition) is 6. The molecule has 0 aromatic carbocycles. The van der Waals surface area contributed by atoms with Gasteiger partial charge in [0.1, 0.15) is 0 Å². The topological polar surface area (TPSA) is 78.9 Å². The second kappa shape index (κ2) is 24.2. The molecule has 228 valence electrons. The largest absolute Gasteiger partial charge is 0.466 e. The van der Waals surface area contributed by atoms with Crippen LogP contribution >= 0.6 is 0 Å². The van der Waals surface area contributed by atoms with Crippen molar-refractivity contribution in [3.8, 4) is 0 Å². The van der Waals surface area contributed by atoms with Crippen molar-refractivity contribution < 1.29 is 28.6 Å². The van der Waals surface area contributed by atoms with Gasteiger partial charge < -0.3 is 14.2 Å². The van der Waals surface area contributed by atoms with Crippen molar-refractivity contribution >= 4 is 17.9 Å². The summed E-state index contributed by atoms with van der Waals surface area (Å²) in [4.78, 5) is 36.9. The summed E-state index contributed by atoms with van der Waals surface area (Å²) in [5, 5.41) is 0. The summed E-state index contributed by atoms with van der Waals surface area (Å²) in [5.41, 5.74) is 0. The van der Waals surface area contributed by atoms with Crippen LogP contribution in [-0.2, 0) is 28.6 Å². The highest BCUT2D eigenvalue weighted by Gasteiger charge is 2.30. The fourth-order valence-corrected chi connectivity index (χ4v) is 5.74. The SMILES string of the molecule is CCCCCCOC(=O)CCC1CC(CCC(=O)OCCCCCC)CC(CCC(=O)OCCCCCC)C1. The molecular weight excluding hydrogens is 492 g/mol. The molecule has 39 heavy (non-hydrogen) atoms. The van der Waals surface area contributed by atoms with Crippen molar-refractivity contribution in [1.82, 2.24) is 0 Å². The van der Waals surface area contributed by atoms with Gasteiger partial charge in [-0.15, -0.1) is 0 Å². The van der Waals surface area contributed by atoms with Gasteiger partial charge in [-0.25, -0.2) is 0 Å². The van der Waals surface area contributed by atoms with E-state index in [2.05, 4.69) is 20.8 Å². The van der Waals surface area contributed by atoms with E-state index in [-0.39, 0.29) is 17.9 Å². The van der Waals surface area contributed by atoms with Gasteiger partial charge in [0, 0.05) is 19.3 Å². The minimum absolute atomic E-state index is 0.0940. The van der Waals surface area contributed by atoms with Crippen LogP contribution in [0.3, 0.4) is 0 Å². The van der Waals surface area contributed by atoms with E-state index >= 15 is 0 Å². The van der Waals surface area contributed by atoms with Gasteiger partial charge in [0.05, 0.1) is 19.8 Å². The molecule has 1 aliphatic rings. The van der Waals surface area contributed by atoms with Gasteiger partial charge >= 0.3 is 17.9 Å². The summed E-state index contributed by atoms with van der Waals surface area (Å²) in [6.45, 7) is 8.09. The Morgan fingerprint density at radius 2 is 0.744 bits per heavy atom. The number of ether oxygens (including phenoxy) is 3. The molecule has 0 unspecified atom stereocenters. The van der Waals surface area contributed by atoms with Crippen molar-refractivity contribution in [2.75, 3.05) is 19.8 Å². The molecule has 1 saturated carbocycles. The van der Waals surface area contributed by atoms with Gasteiger partial charge in [-0.3, -0.25) is 14.4 Å². The first kappa shape index (κ1) is 35.4. The zero-order valence-corrected chi connectivity index (χ0v) is 25.7. The Bertz CT molecular complexity index is 542. The predicted octanol–water partition coefficient (Wildman–Crippen LogP) is 8.73. The lowest BCUT2D eigenvalue weighted by molar-refractivity contribution is -0.144. The van der Waals surface area contributed by atoms with Crippen molar-refractivity contribution in [3.63, 3.8) is 0 Å². The van der Waals surface area contributed by atoms with Crippen LogP contribution in [-0.4, -0.2) is 37.7 Å². The number of unbranched alkanes of at least 4 members (excludes halogenated alkanes) is 9. The van der Waals surface area contributed by atoms with Gasteiger partial charge in [0.25, 0.3) is 0 Å². The third-order valence-electron chi connectivity index (χ3n) is 8.05. The lowest BCUT2D eigenvalue weighted by Crippen LogP contribution is -2.25. The van der Waals surface area contributed by atoms with E-state index in [9.17, 15) is 14.4 Å². The first-order valence-electron chi connectivity index (χ1n) is 16.4. The number of esters is 3. The smallest absolute Gasteiger partial charge is 0.305 e. The van der Waals surface area contributed by atoms with E-state index in [4.69, 9.17) is 14.2 Å². The van der Waals surface area contributed by atoms with E-state index in [0.29, 0.717) is 56.8 Å². The van der Waals surface area contributed by atoms with E-state index in [1.54, 1.807) is 0 Å². The van der Waals surface area contributed by atoms with Crippen molar-refractivity contribution in [2.24, 2.45) is 17.8 Å². The van der Waals surface area contributed by atoms with Crippen molar-refractivity contribution in [2.45, 2.75) is 156 Å². The van der Waals surface area contributed by atoms with Gasteiger partial charge in [0.2, 0.25) is 0 Å². The molecule has 1 aliphatic carbocycles. The van der Waals surface area contributed by atoms with Gasteiger partial charge in [0.15, 0.2) is 0 Å². The molecular formula is C33H60O6. The monoisotopic (exact) mass is 552 g/mol. The highest BCUT2D eigenvalue weighted by atomic mass is 16.5. The summed E-state index contributed by atoms with van der Waals surface area (Å²) >= 11 is 0. The van der Waals surface area contributed by atoms with Crippen LogP contribution in [0.25, 0.3) is 0 Å². The Morgan fingerprint density at radius 1 is 0.462 bits per heavy atom. The first-order chi connectivity index (χ1) is 19.0. The number of carbonyl (C=O) groups is 3. The average Bonchev–Trinajstić information content (AvgIpc) is 2.93. The first-order valence-corrected chi connectivity index (χ1v) is 16.4. The lowest BCUT2D eigenvalue weighted by atomic mass is 9.71. The maximum atomic E-state index is 12.3. The standard InChI is InChI=1S/C33H60O6/c1-4-7-10-13-22-37-31(34)19-16-28-25-29(17-20-32(35)38-23-14-11-8-5-2)27-30(26-28)18-21-33(36)39-24-15-12-9-6-3/h28-30H,4-27H2,1-3H3. The fraction of sp³-hybridized carbons (Fsp3) is 0.909. The van der Waals surface area contributed by atoms with Crippen LogP contribution in [0.1, 0.15) is 156 Å². The number of carbonyl (C=O) groups excluding carboxylic acids is 3. The highest BCUT2D eigenvalue weighted by molar-refractivity contribution is 5.70. The summed E-state index contributed by atoms with van der Waals surface area (Å²) < 4.78 is 16.4. The molecule has 0 spiro atoms. The quantitative estimate of drug-likeness (QED) is 0.0677. The van der Waals surface area contributed by atoms with Gasteiger partial charge in [-0.1, -0.05) is 78.6 Å². The molecule has 1 fully saturated rings. The summed E-state index contributed by atoms with van der Waals surface area (Å²) in [6.07, 6.45) is 20.2. The van der Waals surface area contributed by atoms with Gasteiger partial charge in [-0.2, -0.15) is 0 Å².